The molecule has 1 saturated heterocycles. The van der Waals surface area contributed by atoms with Crippen molar-refractivity contribution < 1.29 is 14.4 Å². The lowest BCUT2D eigenvalue weighted by Crippen LogP contribution is -2.35. The lowest BCUT2D eigenvalue weighted by atomic mass is 10.2. The van der Waals surface area contributed by atoms with Crippen LogP contribution >= 0.6 is 11.8 Å². The Bertz CT molecular complexity index is 932. The van der Waals surface area contributed by atoms with Crippen molar-refractivity contribution in [3.05, 3.63) is 48.5 Å². The van der Waals surface area contributed by atoms with E-state index >= 15 is 0 Å². The van der Waals surface area contributed by atoms with E-state index in [4.69, 9.17) is 0 Å². The zero-order valence-electron chi connectivity index (χ0n) is 15.9. The fourth-order valence-corrected chi connectivity index (χ4v) is 4.44. The standard InChI is InChI=1S/C21H22N4O3S/c26-19(23-15-5-7-16(8-6-15)24-12-11-22-21(24)28)9-10-20(27)25-13-14-29-18-4-2-1-3-17(18)25/h1-8H,9-14H2,(H,22,28)(H,23,26). The van der Waals surface area contributed by atoms with Gasteiger partial charge in [-0.2, -0.15) is 0 Å². The van der Waals surface area contributed by atoms with Crippen molar-refractivity contribution in [3.8, 4) is 0 Å². The number of carbonyl (C=O) groups is 3. The first-order valence-corrected chi connectivity index (χ1v) is 10.6. The molecule has 4 rings (SSSR count). The van der Waals surface area contributed by atoms with Crippen molar-refractivity contribution in [1.29, 1.82) is 0 Å². The number of rotatable bonds is 5. The first-order valence-electron chi connectivity index (χ1n) is 9.59. The summed E-state index contributed by atoms with van der Waals surface area (Å²) in [6.45, 7) is 1.92. The lowest BCUT2D eigenvalue weighted by Gasteiger charge is -2.29. The number of para-hydroxylation sites is 1. The molecular weight excluding hydrogens is 388 g/mol. The second-order valence-electron chi connectivity index (χ2n) is 6.84. The predicted octanol–water partition coefficient (Wildman–Crippen LogP) is 3.07. The van der Waals surface area contributed by atoms with Crippen LogP contribution in [-0.4, -0.2) is 43.2 Å². The average Bonchev–Trinajstić information content (AvgIpc) is 3.18. The molecule has 2 aromatic rings. The van der Waals surface area contributed by atoms with Gasteiger partial charge in [0.1, 0.15) is 0 Å². The van der Waals surface area contributed by atoms with Gasteiger partial charge in [0.2, 0.25) is 11.8 Å². The number of anilines is 3. The minimum Gasteiger partial charge on any atom is -0.336 e. The van der Waals surface area contributed by atoms with Gasteiger partial charge in [-0.05, 0) is 36.4 Å². The smallest absolute Gasteiger partial charge is 0.321 e. The van der Waals surface area contributed by atoms with E-state index in [1.54, 1.807) is 45.8 Å². The first kappa shape index (κ1) is 19.3. The highest BCUT2D eigenvalue weighted by molar-refractivity contribution is 7.99. The molecule has 2 heterocycles. The summed E-state index contributed by atoms with van der Waals surface area (Å²) in [7, 11) is 0. The number of carbonyl (C=O) groups excluding carboxylic acids is 3. The van der Waals surface area contributed by atoms with Crippen LogP contribution in [0.3, 0.4) is 0 Å². The molecule has 0 unspecified atom stereocenters. The summed E-state index contributed by atoms with van der Waals surface area (Å²) in [6.07, 6.45) is 0.289. The van der Waals surface area contributed by atoms with Crippen molar-refractivity contribution >= 4 is 46.7 Å². The second kappa shape index (κ2) is 8.57. The van der Waals surface area contributed by atoms with E-state index in [-0.39, 0.29) is 30.7 Å². The van der Waals surface area contributed by atoms with Crippen LogP contribution in [0.2, 0.25) is 0 Å². The monoisotopic (exact) mass is 410 g/mol. The molecule has 7 nitrogen and oxygen atoms in total. The SMILES string of the molecule is O=C(CCC(=O)N1CCSc2ccccc21)Nc1ccc(N2CCNC2=O)cc1. The lowest BCUT2D eigenvalue weighted by molar-refractivity contribution is -0.122. The summed E-state index contributed by atoms with van der Waals surface area (Å²) >= 11 is 1.74. The van der Waals surface area contributed by atoms with Crippen molar-refractivity contribution in [2.24, 2.45) is 0 Å². The van der Waals surface area contributed by atoms with Gasteiger partial charge in [-0.1, -0.05) is 12.1 Å². The van der Waals surface area contributed by atoms with Gasteiger partial charge in [0, 0.05) is 54.5 Å². The highest BCUT2D eigenvalue weighted by Gasteiger charge is 2.23. The molecule has 8 heteroatoms. The van der Waals surface area contributed by atoms with E-state index in [0.717, 1.165) is 22.0 Å². The molecule has 0 aliphatic carbocycles. The van der Waals surface area contributed by atoms with Crippen LogP contribution in [0, 0.1) is 0 Å². The Morgan fingerprint density at radius 2 is 1.83 bits per heavy atom. The van der Waals surface area contributed by atoms with E-state index in [9.17, 15) is 14.4 Å². The van der Waals surface area contributed by atoms with Gasteiger partial charge >= 0.3 is 6.03 Å². The number of urea groups is 1. The maximum absolute atomic E-state index is 12.6. The third-order valence-electron chi connectivity index (χ3n) is 4.92. The number of amides is 4. The molecule has 2 N–H and O–H groups in total. The number of nitrogens with one attached hydrogen (secondary N) is 2. The van der Waals surface area contributed by atoms with Crippen LogP contribution in [0.1, 0.15) is 12.8 Å². The van der Waals surface area contributed by atoms with E-state index in [1.165, 1.54) is 0 Å². The molecular formula is C21H22N4O3S. The maximum Gasteiger partial charge on any atom is 0.321 e. The third kappa shape index (κ3) is 4.37. The number of hydrogen-bond acceptors (Lipinski definition) is 4. The Hall–Kier alpha value is -3.00. The predicted molar refractivity (Wildman–Crippen MR) is 115 cm³/mol. The topological polar surface area (TPSA) is 81.8 Å². The molecule has 29 heavy (non-hydrogen) atoms. The Balaban J connectivity index is 1.30. The molecule has 150 valence electrons. The summed E-state index contributed by atoms with van der Waals surface area (Å²) in [6, 6.07) is 14.9. The van der Waals surface area contributed by atoms with Gasteiger partial charge in [0.05, 0.1) is 5.69 Å². The summed E-state index contributed by atoms with van der Waals surface area (Å²) in [4.78, 5) is 41.1. The summed E-state index contributed by atoms with van der Waals surface area (Å²) in [5.74, 6) is 0.615. The van der Waals surface area contributed by atoms with E-state index in [1.807, 2.05) is 24.3 Å². The molecule has 0 radical (unpaired) electrons. The zero-order valence-corrected chi connectivity index (χ0v) is 16.7. The van der Waals surface area contributed by atoms with Gasteiger partial charge < -0.3 is 15.5 Å². The van der Waals surface area contributed by atoms with Gasteiger partial charge in [0.25, 0.3) is 0 Å². The number of benzene rings is 2. The molecule has 4 amide bonds. The molecule has 0 bridgehead atoms. The molecule has 1 fully saturated rings. The maximum atomic E-state index is 12.6. The second-order valence-corrected chi connectivity index (χ2v) is 7.98. The van der Waals surface area contributed by atoms with Crippen LogP contribution in [-0.2, 0) is 9.59 Å². The quantitative estimate of drug-likeness (QED) is 0.794. The van der Waals surface area contributed by atoms with Crippen molar-refractivity contribution in [3.63, 3.8) is 0 Å². The van der Waals surface area contributed by atoms with E-state index < -0.39 is 0 Å². The number of nitrogens with zero attached hydrogens (tertiary/aromatic N) is 2. The minimum atomic E-state index is -0.204. The minimum absolute atomic E-state index is 0.0386. The highest BCUT2D eigenvalue weighted by Crippen LogP contribution is 2.34. The molecule has 0 atom stereocenters. The molecule has 2 aliphatic rings. The van der Waals surface area contributed by atoms with Crippen molar-refractivity contribution in [1.82, 2.24) is 5.32 Å². The van der Waals surface area contributed by atoms with Crippen molar-refractivity contribution in [2.75, 3.05) is 40.5 Å². The first-order chi connectivity index (χ1) is 14.1. The zero-order chi connectivity index (χ0) is 20.2. The van der Waals surface area contributed by atoms with E-state index in [0.29, 0.717) is 25.3 Å². The summed E-state index contributed by atoms with van der Waals surface area (Å²) in [5, 5.41) is 5.57. The Morgan fingerprint density at radius 3 is 2.59 bits per heavy atom. The van der Waals surface area contributed by atoms with Gasteiger partial charge in [0.15, 0.2) is 0 Å². The number of hydrogen-bond donors (Lipinski definition) is 2. The molecule has 2 aromatic carbocycles. The third-order valence-corrected chi connectivity index (χ3v) is 5.96. The van der Waals surface area contributed by atoms with Crippen LogP contribution < -0.4 is 20.4 Å². The van der Waals surface area contributed by atoms with Crippen molar-refractivity contribution in [2.45, 2.75) is 17.7 Å². The van der Waals surface area contributed by atoms with Crippen LogP contribution in [0.15, 0.2) is 53.4 Å². The highest BCUT2D eigenvalue weighted by atomic mass is 32.2. The molecule has 0 saturated carbocycles. The summed E-state index contributed by atoms with van der Waals surface area (Å²) < 4.78 is 0. The number of fused-ring (bicyclic) bond motifs is 1. The van der Waals surface area contributed by atoms with Gasteiger partial charge in [-0.15, -0.1) is 11.8 Å². The van der Waals surface area contributed by atoms with Gasteiger partial charge in [-0.25, -0.2) is 4.79 Å². The van der Waals surface area contributed by atoms with Crippen LogP contribution in [0.5, 0.6) is 0 Å². The Labute approximate surface area is 173 Å². The van der Waals surface area contributed by atoms with Crippen LogP contribution in [0.4, 0.5) is 21.9 Å². The number of thioether (sulfide) groups is 1. The summed E-state index contributed by atoms with van der Waals surface area (Å²) in [5.41, 5.74) is 2.36. The molecule has 0 aromatic heterocycles. The van der Waals surface area contributed by atoms with Gasteiger partial charge in [-0.3, -0.25) is 14.5 Å². The van der Waals surface area contributed by atoms with E-state index in [2.05, 4.69) is 10.6 Å². The average molecular weight is 410 g/mol. The molecule has 0 spiro atoms. The fourth-order valence-electron chi connectivity index (χ4n) is 3.45. The van der Waals surface area contributed by atoms with Crippen LogP contribution in [0.25, 0.3) is 0 Å². The molecule has 2 aliphatic heterocycles. The Kier molecular flexibility index (Phi) is 5.71. The normalized spacial score (nSPS) is 15.7. The Morgan fingerprint density at radius 1 is 1.03 bits per heavy atom. The largest absolute Gasteiger partial charge is 0.336 e. The fraction of sp³-hybridized carbons (Fsp3) is 0.286.